The van der Waals surface area contributed by atoms with Crippen molar-refractivity contribution in [3.63, 3.8) is 0 Å². The molecule has 1 aromatic rings. The maximum Gasteiger partial charge on any atom is 0.238 e. The molecule has 1 aliphatic heterocycles. The fraction of sp³-hybridized carbons (Fsp3) is 0.588. The van der Waals surface area contributed by atoms with E-state index in [1.165, 1.54) is 18.5 Å². The molecule has 1 fully saturated rings. The molecule has 0 saturated carbocycles. The highest BCUT2D eigenvalue weighted by Gasteiger charge is 2.28. The minimum Gasteiger partial charge on any atom is -0.296 e. The fourth-order valence-electron chi connectivity index (χ4n) is 3.27. The zero-order chi connectivity index (χ0) is 15.4. The van der Waals surface area contributed by atoms with Crippen LogP contribution >= 0.6 is 0 Å². The summed E-state index contributed by atoms with van der Waals surface area (Å²) in [5, 5.41) is 0. The van der Waals surface area contributed by atoms with Crippen LogP contribution in [0.15, 0.2) is 24.3 Å². The SMILES string of the molecule is CC1CC(C)C(C)N(Cc2ccc(CC(=O)NN)cc2)C1. The number of hydrazine groups is 1. The summed E-state index contributed by atoms with van der Waals surface area (Å²) in [4.78, 5) is 13.8. The maximum atomic E-state index is 11.3. The number of carbonyl (C=O) groups excluding carboxylic acids is 1. The van der Waals surface area contributed by atoms with E-state index in [0.717, 1.165) is 23.9 Å². The molecule has 0 bridgehead atoms. The molecular weight excluding hydrogens is 262 g/mol. The number of nitrogens with two attached hydrogens (primary N) is 1. The highest BCUT2D eigenvalue weighted by atomic mass is 16.2. The Morgan fingerprint density at radius 2 is 1.86 bits per heavy atom. The number of benzene rings is 1. The second kappa shape index (κ2) is 7.05. The summed E-state index contributed by atoms with van der Waals surface area (Å²) in [6, 6.07) is 8.91. The Kier molecular flexibility index (Phi) is 5.37. The molecule has 0 aromatic heterocycles. The lowest BCUT2D eigenvalue weighted by Crippen LogP contribution is -2.45. The van der Waals surface area contributed by atoms with E-state index in [9.17, 15) is 4.79 Å². The van der Waals surface area contributed by atoms with Gasteiger partial charge >= 0.3 is 0 Å². The quantitative estimate of drug-likeness (QED) is 0.507. The normalized spacial score (nSPS) is 26.6. The molecular formula is C17H27N3O. The minimum atomic E-state index is -0.157. The maximum absolute atomic E-state index is 11.3. The fourth-order valence-corrected chi connectivity index (χ4v) is 3.27. The molecule has 0 aliphatic carbocycles. The topological polar surface area (TPSA) is 58.4 Å². The van der Waals surface area contributed by atoms with Crippen LogP contribution in [0.4, 0.5) is 0 Å². The number of nitrogens with zero attached hydrogens (tertiary/aromatic N) is 1. The van der Waals surface area contributed by atoms with E-state index >= 15 is 0 Å². The number of piperidine rings is 1. The van der Waals surface area contributed by atoms with Gasteiger partial charge in [0.15, 0.2) is 0 Å². The van der Waals surface area contributed by atoms with E-state index in [0.29, 0.717) is 12.5 Å². The smallest absolute Gasteiger partial charge is 0.238 e. The first-order valence-electron chi connectivity index (χ1n) is 7.81. The highest BCUT2D eigenvalue weighted by Crippen LogP contribution is 2.28. The summed E-state index contributed by atoms with van der Waals surface area (Å²) in [5.74, 6) is 6.47. The van der Waals surface area contributed by atoms with Crippen LogP contribution in [0.1, 0.15) is 38.3 Å². The van der Waals surface area contributed by atoms with Crippen molar-refractivity contribution < 1.29 is 4.79 Å². The minimum absolute atomic E-state index is 0.157. The third kappa shape index (κ3) is 4.29. The molecule has 0 radical (unpaired) electrons. The van der Waals surface area contributed by atoms with Crippen molar-refractivity contribution in [2.75, 3.05) is 6.54 Å². The standard InChI is InChI=1S/C17H27N3O/c1-12-8-13(2)14(3)20(10-12)11-16-6-4-15(5-7-16)9-17(21)19-18/h4-7,12-14H,8-11,18H2,1-3H3,(H,19,21). The van der Waals surface area contributed by atoms with Gasteiger partial charge in [0.05, 0.1) is 6.42 Å². The van der Waals surface area contributed by atoms with E-state index in [1.54, 1.807) is 0 Å². The average Bonchev–Trinajstić information content (AvgIpc) is 2.46. The molecule has 1 aromatic carbocycles. The first-order valence-corrected chi connectivity index (χ1v) is 7.81. The molecule has 1 heterocycles. The predicted molar refractivity (Wildman–Crippen MR) is 85.3 cm³/mol. The van der Waals surface area contributed by atoms with Crippen LogP contribution in [-0.2, 0) is 17.8 Å². The van der Waals surface area contributed by atoms with Gasteiger partial charge in [0.2, 0.25) is 5.91 Å². The lowest BCUT2D eigenvalue weighted by Gasteiger charge is -2.41. The summed E-state index contributed by atoms with van der Waals surface area (Å²) in [6.45, 7) is 9.17. The molecule has 1 aliphatic rings. The van der Waals surface area contributed by atoms with Crippen LogP contribution in [0.25, 0.3) is 0 Å². The lowest BCUT2D eigenvalue weighted by atomic mass is 9.86. The first-order chi connectivity index (χ1) is 9.99. The molecule has 4 heteroatoms. The van der Waals surface area contributed by atoms with Crippen molar-refractivity contribution in [1.29, 1.82) is 0 Å². The van der Waals surface area contributed by atoms with Crippen molar-refractivity contribution in [3.8, 4) is 0 Å². The zero-order valence-corrected chi connectivity index (χ0v) is 13.3. The number of amides is 1. The Labute approximate surface area is 127 Å². The van der Waals surface area contributed by atoms with Crippen molar-refractivity contribution >= 4 is 5.91 Å². The Bertz CT molecular complexity index is 471. The van der Waals surface area contributed by atoms with Crippen LogP contribution in [-0.4, -0.2) is 23.4 Å². The van der Waals surface area contributed by atoms with Crippen molar-refractivity contribution in [2.45, 2.75) is 46.2 Å². The Morgan fingerprint density at radius 3 is 2.48 bits per heavy atom. The number of hydrogen-bond donors (Lipinski definition) is 2. The van der Waals surface area contributed by atoms with Crippen LogP contribution in [0.2, 0.25) is 0 Å². The molecule has 2 rings (SSSR count). The molecule has 3 atom stereocenters. The third-order valence-electron chi connectivity index (χ3n) is 4.65. The summed E-state index contributed by atoms with van der Waals surface area (Å²) >= 11 is 0. The molecule has 116 valence electrons. The Morgan fingerprint density at radius 1 is 1.24 bits per heavy atom. The number of hydrogen-bond acceptors (Lipinski definition) is 3. The number of nitrogens with one attached hydrogen (secondary N) is 1. The number of carbonyl (C=O) groups is 1. The van der Waals surface area contributed by atoms with E-state index in [-0.39, 0.29) is 5.91 Å². The molecule has 3 unspecified atom stereocenters. The largest absolute Gasteiger partial charge is 0.296 e. The molecule has 1 saturated heterocycles. The van der Waals surface area contributed by atoms with Gasteiger partial charge in [-0.25, -0.2) is 5.84 Å². The van der Waals surface area contributed by atoms with Crippen molar-refractivity contribution in [2.24, 2.45) is 17.7 Å². The van der Waals surface area contributed by atoms with E-state index in [2.05, 4.69) is 43.2 Å². The second-order valence-electron chi connectivity index (χ2n) is 6.55. The first kappa shape index (κ1) is 16.0. The van der Waals surface area contributed by atoms with Gasteiger partial charge in [-0.1, -0.05) is 38.1 Å². The van der Waals surface area contributed by atoms with E-state index in [1.807, 2.05) is 12.1 Å². The summed E-state index contributed by atoms with van der Waals surface area (Å²) < 4.78 is 0. The number of rotatable bonds is 4. The van der Waals surface area contributed by atoms with Gasteiger partial charge in [0, 0.05) is 19.1 Å². The van der Waals surface area contributed by atoms with Crippen molar-refractivity contribution in [1.82, 2.24) is 10.3 Å². The van der Waals surface area contributed by atoms with Crippen LogP contribution < -0.4 is 11.3 Å². The lowest BCUT2D eigenvalue weighted by molar-refractivity contribution is -0.120. The van der Waals surface area contributed by atoms with Crippen molar-refractivity contribution in [3.05, 3.63) is 35.4 Å². The van der Waals surface area contributed by atoms with Crippen LogP contribution in [0, 0.1) is 11.8 Å². The van der Waals surface area contributed by atoms with Gasteiger partial charge in [0.25, 0.3) is 0 Å². The Hall–Kier alpha value is -1.39. The average molecular weight is 289 g/mol. The van der Waals surface area contributed by atoms with Gasteiger partial charge in [-0.2, -0.15) is 0 Å². The molecule has 21 heavy (non-hydrogen) atoms. The second-order valence-corrected chi connectivity index (χ2v) is 6.55. The predicted octanol–water partition coefficient (Wildman–Crippen LogP) is 2.09. The molecule has 4 nitrogen and oxygen atoms in total. The van der Waals surface area contributed by atoms with Gasteiger partial charge in [-0.15, -0.1) is 0 Å². The van der Waals surface area contributed by atoms with Crippen LogP contribution in [0.5, 0.6) is 0 Å². The van der Waals surface area contributed by atoms with Gasteiger partial charge in [0.1, 0.15) is 0 Å². The van der Waals surface area contributed by atoms with Crippen LogP contribution in [0.3, 0.4) is 0 Å². The van der Waals surface area contributed by atoms with Gasteiger partial charge in [-0.05, 0) is 36.3 Å². The van der Waals surface area contributed by atoms with E-state index in [4.69, 9.17) is 5.84 Å². The third-order valence-corrected chi connectivity index (χ3v) is 4.65. The summed E-state index contributed by atoms with van der Waals surface area (Å²) in [5.41, 5.74) is 4.46. The summed E-state index contributed by atoms with van der Waals surface area (Å²) in [7, 11) is 0. The van der Waals surface area contributed by atoms with Gasteiger partial charge < -0.3 is 0 Å². The monoisotopic (exact) mass is 289 g/mol. The summed E-state index contributed by atoms with van der Waals surface area (Å²) in [6.07, 6.45) is 1.66. The van der Waals surface area contributed by atoms with Gasteiger partial charge in [-0.3, -0.25) is 15.1 Å². The number of likely N-dealkylation sites (tertiary alicyclic amines) is 1. The van der Waals surface area contributed by atoms with E-state index < -0.39 is 0 Å². The molecule has 3 N–H and O–H groups in total. The molecule has 0 spiro atoms. The zero-order valence-electron chi connectivity index (χ0n) is 13.3. The molecule has 1 amide bonds. The Balaban J connectivity index is 1.97. The highest BCUT2D eigenvalue weighted by molar-refractivity contribution is 5.77.